The minimum absolute atomic E-state index is 0.0593. The van der Waals surface area contributed by atoms with E-state index in [1.165, 1.54) is 12.3 Å². The summed E-state index contributed by atoms with van der Waals surface area (Å²) in [7, 11) is 0. The summed E-state index contributed by atoms with van der Waals surface area (Å²) in [6.07, 6.45) is -3.20. The van der Waals surface area contributed by atoms with Crippen LogP contribution in [0.4, 0.5) is 18.9 Å². The van der Waals surface area contributed by atoms with Crippen LogP contribution >= 0.6 is 22.6 Å². The number of anilines is 1. The molecular formula is C14H10F3IN2. The van der Waals surface area contributed by atoms with Gasteiger partial charge in [-0.25, -0.2) is 0 Å². The quantitative estimate of drug-likeness (QED) is 0.457. The van der Waals surface area contributed by atoms with E-state index in [0.717, 1.165) is 6.07 Å². The number of benzene rings is 2. The summed E-state index contributed by atoms with van der Waals surface area (Å²) in [5, 5.41) is 3.87. The number of alkyl halides is 3. The number of hydrogen-bond donors (Lipinski definition) is 1. The first-order chi connectivity index (χ1) is 9.48. The molecule has 0 bridgehead atoms. The van der Waals surface area contributed by atoms with Crippen LogP contribution in [0.3, 0.4) is 0 Å². The van der Waals surface area contributed by atoms with Crippen molar-refractivity contribution in [1.82, 2.24) is 0 Å². The molecule has 2 aromatic carbocycles. The zero-order chi connectivity index (χ0) is 14.6. The van der Waals surface area contributed by atoms with Crippen molar-refractivity contribution in [1.29, 1.82) is 0 Å². The third-order valence-corrected chi connectivity index (χ3v) is 3.46. The Morgan fingerprint density at radius 2 is 1.70 bits per heavy atom. The van der Waals surface area contributed by atoms with Crippen LogP contribution in [0.25, 0.3) is 0 Å². The topological polar surface area (TPSA) is 24.4 Å². The molecule has 2 aromatic rings. The van der Waals surface area contributed by atoms with Crippen molar-refractivity contribution in [2.45, 2.75) is 6.18 Å². The molecule has 0 aliphatic heterocycles. The number of nitrogens with zero attached hydrogens (tertiary/aromatic N) is 1. The number of hydrazone groups is 1. The molecule has 0 unspecified atom stereocenters. The molecule has 0 radical (unpaired) electrons. The van der Waals surface area contributed by atoms with Gasteiger partial charge >= 0.3 is 6.18 Å². The summed E-state index contributed by atoms with van der Waals surface area (Å²) < 4.78 is 39.2. The second kappa shape index (κ2) is 6.25. The van der Waals surface area contributed by atoms with Crippen LogP contribution < -0.4 is 5.43 Å². The standard InChI is InChI=1S/C14H10F3IN2/c15-14(16,17)12-7-4-8-13(18)11(12)9-19-20-10-5-2-1-3-6-10/h1-9,20H. The van der Waals surface area contributed by atoms with Gasteiger partial charge in [0.25, 0.3) is 0 Å². The van der Waals surface area contributed by atoms with Crippen molar-refractivity contribution in [3.05, 3.63) is 63.2 Å². The van der Waals surface area contributed by atoms with Gasteiger partial charge in [-0.2, -0.15) is 18.3 Å². The van der Waals surface area contributed by atoms with E-state index in [1.807, 2.05) is 40.8 Å². The molecule has 0 atom stereocenters. The third-order valence-electron chi connectivity index (χ3n) is 2.52. The summed E-state index contributed by atoms with van der Waals surface area (Å²) in [5.41, 5.74) is 2.78. The zero-order valence-corrected chi connectivity index (χ0v) is 12.3. The Kier molecular flexibility index (Phi) is 4.64. The molecule has 6 heteroatoms. The monoisotopic (exact) mass is 390 g/mol. The van der Waals surface area contributed by atoms with Crippen LogP contribution in [0, 0.1) is 3.57 Å². The maximum absolute atomic E-state index is 12.9. The van der Waals surface area contributed by atoms with Crippen molar-refractivity contribution in [3.8, 4) is 0 Å². The molecule has 0 aliphatic rings. The molecule has 0 aliphatic carbocycles. The lowest BCUT2D eigenvalue weighted by atomic mass is 10.1. The van der Waals surface area contributed by atoms with E-state index in [4.69, 9.17) is 0 Å². The molecule has 20 heavy (non-hydrogen) atoms. The van der Waals surface area contributed by atoms with Crippen molar-refractivity contribution >= 4 is 34.5 Å². The van der Waals surface area contributed by atoms with Crippen molar-refractivity contribution in [2.75, 3.05) is 5.43 Å². The van der Waals surface area contributed by atoms with E-state index < -0.39 is 11.7 Å². The first kappa shape index (κ1) is 14.8. The van der Waals surface area contributed by atoms with Crippen LogP contribution in [-0.2, 0) is 6.18 Å². The molecule has 0 spiro atoms. The molecule has 0 fully saturated rings. The normalized spacial score (nSPS) is 11.8. The second-order valence-electron chi connectivity index (χ2n) is 3.93. The average molecular weight is 390 g/mol. The molecule has 0 saturated carbocycles. The van der Waals surface area contributed by atoms with Crippen LogP contribution in [0.5, 0.6) is 0 Å². The molecule has 2 nitrogen and oxygen atoms in total. The van der Waals surface area contributed by atoms with Crippen LogP contribution in [0.1, 0.15) is 11.1 Å². The van der Waals surface area contributed by atoms with Gasteiger partial charge < -0.3 is 0 Å². The van der Waals surface area contributed by atoms with Gasteiger partial charge in [-0.15, -0.1) is 0 Å². The van der Waals surface area contributed by atoms with E-state index in [9.17, 15) is 13.2 Å². The Balaban J connectivity index is 2.25. The molecule has 0 aromatic heterocycles. The van der Waals surface area contributed by atoms with Gasteiger partial charge in [0.15, 0.2) is 0 Å². The highest BCUT2D eigenvalue weighted by Crippen LogP contribution is 2.33. The van der Waals surface area contributed by atoms with Gasteiger partial charge in [-0.3, -0.25) is 5.43 Å². The number of rotatable bonds is 3. The summed E-state index contributed by atoms with van der Waals surface area (Å²) in [6, 6.07) is 13.1. The zero-order valence-electron chi connectivity index (χ0n) is 10.2. The molecule has 0 amide bonds. The Morgan fingerprint density at radius 1 is 1.00 bits per heavy atom. The van der Waals surface area contributed by atoms with Gasteiger partial charge in [-0.1, -0.05) is 24.3 Å². The van der Waals surface area contributed by atoms with Gasteiger partial charge in [-0.05, 0) is 46.9 Å². The highest BCUT2D eigenvalue weighted by molar-refractivity contribution is 14.1. The molecule has 1 N–H and O–H groups in total. The number of para-hydroxylation sites is 1. The van der Waals surface area contributed by atoms with E-state index in [1.54, 1.807) is 18.2 Å². The highest BCUT2D eigenvalue weighted by atomic mass is 127. The fourth-order valence-electron chi connectivity index (χ4n) is 1.60. The number of hydrogen-bond acceptors (Lipinski definition) is 2. The lowest BCUT2D eigenvalue weighted by Gasteiger charge is -2.11. The van der Waals surface area contributed by atoms with Crippen molar-refractivity contribution < 1.29 is 13.2 Å². The van der Waals surface area contributed by atoms with E-state index in [2.05, 4.69) is 10.5 Å². The van der Waals surface area contributed by atoms with Crippen molar-refractivity contribution in [2.24, 2.45) is 5.10 Å². The summed E-state index contributed by atoms with van der Waals surface area (Å²) in [6.45, 7) is 0. The minimum atomic E-state index is -4.39. The van der Waals surface area contributed by atoms with Crippen LogP contribution in [0.2, 0.25) is 0 Å². The lowest BCUT2D eigenvalue weighted by Crippen LogP contribution is -2.10. The first-order valence-corrected chi connectivity index (χ1v) is 6.76. The predicted octanol–water partition coefficient (Wildman–Crippen LogP) is 4.76. The lowest BCUT2D eigenvalue weighted by molar-refractivity contribution is -0.137. The fraction of sp³-hybridized carbons (Fsp3) is 0.0714. The summed E-state index contributed by atoms with van der Waals surface area (Å²) >= 11 is 1.86. The molecule has 104 valence electrons. The molecule has 0 heterocycles. The maximum atomic E-state index is 12.9. The molecule has 2 rings (SSSR count). The SMILES string of the molecule is FC(F)(F)c1cccc(I)c1C=NNc1ccccc1. The maximum Gasteiger partial charge on any atom is 0.417 e. The summed E-state index contributed by atoms with van der Waals surface area (Å²) in [4.78, 5) is 0. The fourth-order valence-corrected chi connectivity index (χ4v) is 2.24. The number of nitrogens with one attached hydrogen (secondary N) is 1. The van der Waals surface area contributed by atoms with Gasteiger partial charge in [0, 0.05) is 9.13 Å². The largest absolute Gasteiger partial charge is 0.417 e. The van der Waals surface area contributed by atoms with Gasteiger partial charge in [0.05, 0.1) is 17.5 Å². The van der Waals surface area contributed by atoms with E-state index >= 15 is 0 Å². The smallest absolute Gasteiger partial charge is 0.279 e. The van der Waals surface area contributed by atoms with E-state index in [-0.39, 0.29) is 5.56 Å². The third kappa shape index (κ3) is 3.72. The second-order valence-corrected chi connectivity index (χ2v) is 5.10. The van der Waals surface area contributed by atoms with Crippen LogP contribution in [0.15, 0.2) is 53.6 Å². The van der Waals surface area contributed by atoms with Crippen LogP contribution in [-0.4, -0.2) is 6.21 Å². The van der Waals surface area contributed by atoms with E-state index in [0.29, 0.717) is 9.26 Å². The predicted molar refractivity (Wildman–Crippen MR) is 81.8 cm³/mol. The first-order valence-electron chi connectivity index (χ1n) is 5.68. The van der Waals surface area contributed by atoms with Crippen molar-refractivity contribution in [3.63, 3.8) is 0 Å². The Labute approximate surface area is 127 Å². The highest BCUT2D eigenvalue weighted by Gasteiger charge is 2.33. The minimum Gasteiger partial charge on any atom is -0.279 e. The summed E-state index contributed by atoms with van der Waals surface area (Å²) in [5.74, 6) is 0. The Bertz CT molecular complexity index is 610. The van der Waals surface area contributed by atoms with Gasteiger partial charge in [0.2, 0.25) is 0 Å². The molecular weight excluding hydrogens is 380 g/mol. The number of halogens is 4. The Morgan fingerprint density at radius 3 is 2.35 bits per heavy atom. The van der Waals surface area contributed by atoms with Gasteiger partial charge in [0.1, 0.15) is 0 Å². The average Bonchev–Trinajstić information content (AvgIpc) is 2.40. The Hall–Kier alpha value is -1.57. The molecule has 0 saturated heterocycles.